The van der Waals surface area contributed by atoms with Crippen molar-refractivity contribution in [3.05, 3.63) is 54.2 Å². The zero-order valence-electron chi connectivity index (χ0n) is 17.5. The van der Waals surface area contributed by atoms with Crippen LogP contribution in [0.1, 0.15) is 18.5 Å². The monoisotopic (exact) mass is 539 g/mol. The van der Waals surface area contributed by atoms with Crippen molar-refractivity contribution >= 4 is 53.4 Å². The van der Waals surface area contributed by atoms with E-state index >= 15 is 0 Å². The lowest BCUT2D eigenvalue weighted by Gasteiger charge is -2.21. The first-order chi connectivity index (χ1) is 14.1. The van der Waals surface area contributed by atoms with Crippen molar-refractivity contribution in [3.63, 3.8) is 0 Å². The number of carbonyl (C=O) groups is 1. The average Bonchev–Trinajstić information content (AvgIpc) is 3.19. The lowest BCUT2D eigenvalue weighted by atomic mass is 10.2. The molecule has 1 aromatic heterocycles. The van der Waals surface area contributed by atoms with E-state index in [1.54, 1.807) is 13.1 Å². The number of carbonyl (C=O) groups excluding carboxylic acids is 1. The SMILES string of the molecule is CN=C(NCCC(=O)Nc1cccc(C)n1)N1CCC(CSc2ccccc2)C1.I. The van der Waals surface area contributed by atoms with Crippen LogP contribution in [0.5, 0.6) is 0 Å². The van der Waals surface area contributed by atoms with E-state index in [1.165, 1.54) is 11.3 Å². The maximum atomic E-state index is 12.1. The van der Waals surface area contributed by atoms with Gasteiger partial charge in [-0.3, -0.25) is 9.79 Å². The molecule has 0 radical (unpaired) electrons. The Hall–Kier alpha value is -1.81. The first kappa shape index (κ1) is 24.5. The Balaban J connectivity index is 0.00000320. The molecule has 6 nitrogen and oxygen atoms in total. The Kier molecular flexibility index (Phi) is 10.4. The number of anilines is 1. The summed E-state index contributed by atoms with van der Waals surface area (Å²) in [6.45, 7) is 4.45. The number of aryl methyl sites for hydroxylation is 1. The van der Waals surface area contributed by atoms with Gasteiger partial charge in [-0.1, -0.05) is 24.3 Å². The van der Waals surface area contributed by atoms with Gasteiger partial charge in [-0.15, -0.1) is 35.7 Å². The second-order valence-corrected chi connectivity index (χ2v) is 8.25. The number of hydrogen-bond donors (Lipinski definition) is 2. The second kappa shape index (κ2) is 12.8. The molecule has 1 unspecified atom stereocenters. The molecule has 2 aromatic rings. The third kappa shape index (κ3) is 7.79. The molecule has 1 atom stereocenters. The molecule has 1 aliphatic heterocycles. The summed E-state index contributed by atoms with van der Waals surface area (Å²) in [4.78, 5) is 24.4. The number of hydrogen-bond acceptors (Lipinski definition) is 4. The molecule has 3 rings (SSSR count). The van der Waals surface area contributed by atoms with Crippen LogP contribution in [0.3, 0.4) is 0 Å². The number of aromatic nitrogens is 1. The zero-order valence-corrected chi connectivity index (χ0v) is 20.7. The number of aliphatic imine (C=N–C) groups is 1. The highest BCUT2D eigenvalue weighted by Crippen LogP contribution is 2.25. The summed E-state index contributed by atoms with van der Waals surface area (Å²) < 4.78 is 0. The third-order valence-corrected chi connectivity index (χ3v) is 6.06. The Bertz CT molecular complexity index is 833. The fourth-order valence-electron chi connectivity index (χ4n) is 3.33. The summed E-state index contributed by atoms with van der Waals surface area (Å²) in [6, 6.07) is 16.1. The molecule has 1 fully saturated rings. The minimum Gasteiger partial charge on any atom is -0.356 e. The Labute approximate surface area is 200 Å². The number of nitrogens with one attached hydrogen (secondary N) is 2. The fraction of sp³-hybridized carbons (Fsp3) is 0.409. The Morgan fingerprint density at radius 1 is 1.23 bits per heavy atom. The quantitative estimate of drug-likeness (QED) is 0.241. The van der Waals surface area contributed by atoms with Crippen LogP contribution in [0.25, 0.3) is 0 Å². The van der Waals surface area contributed by atoms with E-state index in [1.807, 2.05) is 30.8 Å². The molecule has 1 aliphatic rings. The highest BCUT2D eigenvalue weighted by atomic mass is 127. The van der Waals surface area contributed by atoms with Gasteiger partial charge in [-0.05, 0) is 43.5 Å². The third-order valence-electron chi connectivity index (χ3n) is 4.82. The summed E-state index contributed by atoms with van der Waals surface area (Å²) in [5.41, 5.74) is 0.885. The molecule has 2 heterocycles. The fourth-order valence-corrected chi connectivity index (χ4v) is 4.38. The number of amides is 1. The summed E-state index contributed by atoms with van der Waals surface area (Å²) >= 11 is 1.92. The van der Waals surface area contributed by atoms with Crippen LogP contribution >= 0.6 is 35.7 Å². The van der Waals surface area contributed by atoms with E-state index in [0.717, 1.165) is 30.5 Å². The number of nitrogens with zero attached hydrogens (tertiary/aromatic N) is 3. The van der Waals surface area contributed by atoms with Crippen LogP contribution in [0.2, 0.25) is 0 Å². The highest BCUT2D eigenvalue weighted by molar-refractivity contribution is 14.0. The zero-order chi connectivity index (χ0) is 20.5. The van der Waals surface area contributed by atoms with Gasteiger partial charge in [0, 0.05) is 49.4 Å². The van der Waals surface area contributed by atoms with Crippen LogP contribution in [0, 0.1) is 12.8 Å². The smallest absolute Gasteiger partial charge is 0.227 e. The number of halogens is 1. The van der Waals surface area contributed by atoms with Crippen LogP contribution in [-0.2, 0) is 4.79 Å². The van der Waals surface area contributed by atoms with E-state index in [0.29, 0.717) is 24.7 Å². The molecule has 0 spiro atoms. The minimum atomic E-state index is -0.0513. The van der Waals surface area contributed by atoms with Crippen molar-refractivity contribution in [1.29, 1.82) is 0 Å². The molecular formula is C22H30IN5OS. The molecule has 1 aromatic carbocycles. The maximum absolute atomic E-state index is 12.1. The molecule has 1 amide bonds. The Morgan fingerprint density at radius 3 is 2.77 bits per heavy atom. The standard InChI is InChI=1S/C22H29N5OS.HI/c1-17-7-6-10-20(25-17)26-21(28)11-13-24-22(23-2)27-14-12-18(15-27)16-29-19-8-4-3-5-9-19;/h3-10,18H,11-16H2,1-2H3,(H,23,24)(H,25,26,28);1H. The average molecular weight is 539 g/mol. The first-order valence-corrected chi connectivity index (χ1v) is 11.0. The molecule has 1 saturated heterocycles. The van der Waals surface area contributed by atoms with Crippen molar-refractivity contribution in [2.24, 2.45) is 10.9 Å². The van der Waals surface area contributed by atoms with E-state index in [2.05, 4.69) is 55.8 Å². The van der Waals surface area contributed by atoms with Gasteiger partial charge < -0.3 is 15.5 Å². The normalized spacial score (nSPS) is 16.1. The van der Waals surface area contributed by atoms with Crippen molar-refractivity contribution in [1.82, 2.24) is 15.2 Å². The van der Waals surface area contributed by atoms with Crippen LogP contribution in [0.15, 0.2) is 58.4 Å². The predicted octanol–water partition coefficient (Wildman–Crippen LogP) is 4.03. The summed E-state index contributed by atoms with van der Waals surface area (Å²) in [5.74, 6) is 3.18. The van der Waals surface area contributed by atoms with Gasteiger partial charge in [0.2, 0.25) is 5.91 Å². The summed E-state index contributed by atoms with van der Waals surface area (Å²) in [6.07, 6.45) is 1.54. The number of guanidine groups is 1. The van der Waals surface area contributed by atoms with E-state index < -0.39 is 0 Å². The number of pyridine rings is 1. The lowest BCUT2D eigenvalue weighted by molar-refractivity contribution is -0.116. The Morgan fingerprint density at radius 2 is 2.03 bits per heavy atom. The van der Waals surface area contributed by atoms with Crippen LogP contribution in [-0.4, -0.2) is 54.2 Å². The van der Waals surface area contributed by atoms with Gasteiger partial charge in [0.15, 0.2) is 5.96 Å². The molecule has 162 valence electrons. The predicted molar refractivity (Wildman–Crippen MR) is 136 cm³/mol. The number of benzene rings is 1. The van der Waals surface area contributed by atoms with Gasteiger partial charge in [0.1, 0.15) is 5.82 Å². The number of rotatable bonds is 7. The summed E-state index contributed by atoms with van der Waals surface area (Å²) in [5, 5.41) is 6.16. The molecule has 2 N–H and O–H groups in total. The van der Waals surface area contributed by atoms with E-state index in [4.69, 9.17) is 0 Å². The van der Waals surface area contributed by atoms with E-state index in [9.17, 15) is 4.79 Å². The van der Waals surface area contributed by atoms with E-state index in [-0.39, 0.29) is 29.9 Å². The highest BCUT2D eigenvalue weighted by Gasteiger charge is 2.24. The van der Waals surface area contributed by atoms with Crippen molar-refractivity contribution in [3.8, 4) is 0 Å². The largest absolute Gasteiger partial charge is 0.356 e. The summed E-state index contributed by atoms with van der Waals surface area (Å²) in [7, 11) is 1.80. The first-order valence-electron chi connectivity index (χ1n) is 10.0. The van der Waals surface area contributed by atoms with Crippen molar-refractivity contribution in [2.75, 3.05) is 37.8 Å². The lowest BCUT2D eigenvalue weighted by Crippen LogP contribution is -2.41. The van der Waals surface area contributed by atoms with Crippen LogP contribution in [0.4, 0.5) is 5.82 Å². The molecule has 0 aliphatic carbocycles. The maximum Gasteiger partial charge on any atom is 0.227 e. The molecular weight excluding hydrogens is 509 g/mol. The molecule has 0 saturated carbocycles. The molecule has 30 heavy (non-hydrogen) atoms. The van der Waals surface area contributed by atoms with Gasteiger partial charge in [0.05, 0.1) is 0 Å². The topological polar surface area (TPSA) is 69.6 Å². The number of likely N-dealkylation sites (tertiary alicyclic amines) is 1. The van der Waals surface area contributed by atoms with Crippen LogP contribution < -0.4 is 10.6 Å². The second-order valence-electron chi connectivity index (χ2n) is 7.16. The van der Waals surface area contributed by atoms with Crippen molar-refractivity contribution in [2.45, 2.75) is 24.7 Å². The van der Waals surface area contributed by atoms with Gasteiger partial charge in [-0.2, -0.15) is 0 Å². The minimum absolute atomic E-state index is 0. The number of thioether (sulfide) groups is 1. The molecule has 0 bridgehead atoms. The van der Waals surface area contributed by atoms with Gasteiger partial charge in [-0.25, -0.2) is 4.98 Å². The van der Waals surface area contributed by atoms with Crippen molar-refractivity contribution < 1.29 is 4.79 Å². The van der Waals surface area contributed by atoms with Gasteiger partial charge >= 0.3 is 0 Å². The van der Waals surface area contributed by atoms with Gasteiger partial charge in [0.25, 0.3) is 0 Å². The molecule has 8 heteroatoms.